The fourth-order valence-electron chi connectivity index (χ4n) is 8.90. The van der Waals surface area contributed by atoms with E-state index in [1.165, 1.54) is 6.92 Å². The number of ketones is 1. The Morgan fingerprint density at radius 2 is 1.53 bits per heavy atom. The van der Waals surface area contributed by atoms with Crippen LogP contribution in [0.1, 0.15) is 79.6 Å². The third-order valence-electron chi connectivity index (χ3n) is 10.2. The molecule has 4 fully saturated rings. The van der Waals surface area contributed by atoms with Crippen molar-refractivity contribution in [3.05, 3.63) is 0 Å². The third-order valence-corrected chi connectivity index (χ3v) is 10.7. The second kappa shape index (κ2) is 8.05. The molecule has 0 saturated heterocycles. The average Bonchev–Trinajstić information content (AvgIpc) is 3.01. The molecule has 10 atom stereocenters. The lowest BCUT2D eigenvalue weighted by molar-refractivity contribution is -0.201. The van der Waals surface area contributed by atoms with E-state index in [0.29, 0.717) is 24.7 Å². The molecule has 4 rings (SSSR count). The fourth-order valence-corrected chi connectivity index (χ4v) is 9.48. The number of Topliss-reactive ketones (excluding diaryl/α,β-unsaturated/α-hetero) is 1. The summed E-state index contributed by atoms with van der Waals surface area (Å²) in [6.07, 6.45) is 5.14. The molecule has 4 aliphatic rings. The van der Waals surface area contributed by atoms with Crippen molar-refractivity contribution in [2.45, 2.75) is 91.8 Å². The summed E-state index contributed by atoms with van der Waals surface area (Å²) in [5.74, 6) is 1.01. The smallest absolute Gasteiger partial charge is 0.397 e. The zero-order valence-electron chi connectivity index (χ0n) is 19.9. The predicted octanol–water partition coefficient (Wildman–Crippen LogP) is 4.21. The molecule has 32 heavy (non-hydrogen) atoms. The number of carbonyl (C=O) groups is 2. The number of hydrogen-bond acceptors (Lipinski definition) is 6. The van der Waals surface area contributed by atoms with Gasteiger partial charge in [0.15, 0.2) is 0 Å². The normalized spacial score (nSPS) is 48.3. The van der Waals surface area contributed by atoms with E-state index < -0.39 is 16.5 Å². The van der Waals surface area contributed by atoms with Crippen molar-refractivity contribution < 1.29 is 31.5 Å². The molecule has 182 valence electrons. The van der Waals surface area contributed by atoms with E-state index in [-0.39, 0.29) is 52.4 Å². The first-order valence-corrected chi connectivity index (χ1v) is 13.5. The molecule has 4 saturated carbocycles. The second-order valence-corrected chi connectivity index (χ2v) is 12.6. The number of ether oxygens (including phenoxy) is 1. The highest BCUT2D eigenvalue weighted by Gasteiger charge is 2.65. The molecule has 0 aliphatic heterocycles. The van der Waals surface area contributed by atoms with Crippen molar-refractivity contribution >= 4 is 22.2 Å². The monoisotopic (exact) mass is 470 g/mol. The minimum atomic E-state index is -4.52. The van der Waals surface area contributed by atoms with Gasteiger partial charge in [-0.1, -0.05) is 20.8 Å². The molecule has 0 heterocycles. The van der Waals surface area contributed by atoms with E-state index in [0.717, 1.165) is 32.1 Å². The van der Waals surface area contributed by atoms with Crippen LogP contribution in [0.3, 0.4) is 0 Å². The van der Waals surface area contributed by atoms with Gasteiger partial charge in [-0.25, -0.2) is 4.18 Å². The van der Waals surface area contributed by atoms with Gasteiger partial charge in [0.25, 0.3) is 0 Å². The van der Waals surface area contributed by atoms with E-state index >= 15 is 0 Å². The number of carbonyl (C=O) groups excluding carboxylic acids is 2. The summed E-state index contributed by atoms with van der Waals surface area (Å²) in [4.78, 5) is 24.5. The van der Waals surface area contributed by atoms with E-state index in [4.69, 9.17) is 8.92 Å². The summed E-state index contributed by atoms with van der Waals surface area (Å²) in [5.41, 5.74) is -0.0685. The Labute approximate surface area is 191 Å². The van der Waals surface area contributed by atoms with Crippen LogP contribution in [0, 0.1) is 46.3 Å². The topological polar surface area (TPSA) is 107 Å². The van der Waals surface area contributed by atoms with Gasteiger partial charge in [0.2, 0.25) is 0 Å². The van der Waals surface area contributed by atoms with Crippen LogP contribution < -0.4 is 0 Å². The van der Waals surface area contributed by atoms with Gasteiger partial charge in [0, 0.05) is 18.8 Å². The molecule has 0 bridgehead atoms. The quantitative estimate of drug-likeness (QED) is 0.484. The highest BCUT2D eigenvalue weighted by molar-refractivity contribution is 7.80. The largest absolute Gasteiger partial charge is 0.462 e. The first-order valence-electron chi connectivity index (χ1n) is 12.1. The molecule has 0 spiro atoms. The first kappa shape index (κ1) is 24.1. The van der Waals surface area contributed by atoms with Crippen molar-refractivity contribution in [3.63, 3.8) is 0 Å². The van der Waals surface area contributed by atoms with Gasteiger partial charge in [0.05, 0.1) is 6.10 Å². The predicted molar refractivity (Wildman–Crippen MR) is 118 cm³/mol. The summed E-state index contributed by atoms with van der Waals surface area (Å²) in [7, 11) is -4.52. The summed E-state index contributed by atoms with van der Waals surface area (Å²) in [5, 5.41) is 0. The third kappa shape index (κ3) is 3.84. The minimum Gasteiger partial charge on any atom is -0.462 e. The Morgan fingerprint density at radius 1 is 0.906 bits per heavy atom. The van der Waals surface area contributed by atoms with Gasteiger partial charge in [-0.15, -0.1) is 0 Å². The maximum Gasteiger partial charge on any atom is 0.397 e. The zero-order valence-corrected chi connectivity index (χ0v) is 20.7. The van der Waals surface area contributed by atoms with Gasteiger partial charge >= 0.3 is 16.4 Å². The molecule has 1 N–H and O–H groups in total. The first-order chi connectivity index (χ1) is 14.8. The van der Waals surface area contributed by atoms with Gasteiger partial charge < -0.3 is 4.74 Å². The Kier molecular flexibility index (Phi) is 6.07. The maximum absolute atomic E-state index is 12.4. The van der Waals surface area contributed by atoms with Crippen molar-refractivity contribution in [2.75, 3.05) is 0 Å². The Morgan fingerprint density at radius 3 is 2.12 bits per heavy atom. The van der Waals surface area contributed by atoms with Crippen LogP contribution >= 0.6 is 0 Å². The summed E-state index contributed by atoms with van der Waals surface area (Å²) in [6, 6.07) is 0. The van der Waals surface area contributed by atoms with Crippen molar-refractivity contribution in [1.82, 2.24) is 0 Å². The van der Waals surface area contributed by atoms with Crippen LogP contribution in [-0.4, -0.2) is 36.9 Å². The molecule has 6 unspecified atom stereocenters. The highest BCUT2D eigenvalue weighted by atomic mass is 32.3. The van der Waals surface area contributed by atoms with Gasteiger partial charge in [0.1, 0.15) is 11.9 Å². The molecule has 0 radical (unpaired) electrons. The molecular formula is C24H38O7S. The van der Waals surface area contributed by atoms with Gasteiger partial charge in [-0.2, -0.15) is 8.42 Å². The minimum absolute atomic E-state index is 0.0184. The van der Waals surface area contributed by atoms with Crippen LogP contribution in [0.5, 0.6) is 0 Å². The Hall–Kier alpha value is -0.990. The van der Waals surface area contributed by atoms with E-state index in [1.807, 2.05) is 6.92 Å². The molecule has 8 heteroatoms. The SMILES string of the molecule is CC(=O)OC1CC2[C@H](C)[C@H](OS(=O)(=O)O)CC[C@]2(C)C2CC[C@]3(C)C(C(C)=O)CCC3C12. The molecule has 0 aromatic rings. The fraction of sp³-hybridized carbons (Fsp3) is 0.917. The molecule has 0 aromatic carbocycles. The number of esters is 1. The number of hydrogen-bond donors (Lipinski definition) is 1. The standard InChI is InChI=1S/C24H38O7S/c1-13-19-12-21(30-15(3)26)22-17-7-6-16(14(2)25)23(17,4)10-8-18(22)24(19,5)11-9-20(13)31-32(27,28)29/h13,16-22H,6-12H2,1-5H3,(H,27,28,29)/t13-,16?,17?,18?,19?,20+,21?,22?,23+,24+/m0/s1. The lowest BCUT2D eigenvalue weighted by atomic mass is 9.42. The molecule has 0 amide bonds. The van der Waals surface area contributed by atoms with Crippen LogP contribution in [0.4, 0.5) is 0 Å². The summed E-state index contributed by atoms with van der Waals surface area (Å²) in [6.45, 7) is 9.75. The summed E-state index contributed by atoms with van der Waals surface area (Å²) < 4.78 is 43.1. The van der Waals surface area contributed by atoms with E-state index in [2.05, 4.69) is 13.8 Å². The van der Waals surface area contributed by atoms with Crippen LogP contribution in [0.2, 0.25) is 0 Å². The highest BCUT2D eigenvalue weighted by Crippen LogP contribution is 2.68. The number of rotatable bonds is 4. The van der Waals surface area contributed by atoms with E-state index in [1.54, 1.807) is 6.92 Å². The number of fused-ring (bicyclic) bond motifs is 5. The Bertz CT molecular complexity index is 885. The van der Waals surface area contributed by atoms with Crippen molar-refractivity contribution in [2.24, 2.45) is 46.3 Å². The zero-order chi connectivity index (χ0) is 23.6. The summed E-state index contributed by atoms with van der Waals surface area (Å²) >= 11 is 0. The Balaban J connectivity index is 1.69. The van der Waals surface area contributed by atoms with E-state index in [9.17, 15) is 22.6 Å². The molecule has 7 nitrogen and oxygen atoms in total. The maximum atomic E-state index is 12.4. The van der Waals surface area contributed by atoms with Crippen LogP contribution in [-0.2, 0) is 28.9 Å². The lowest BCUT2D eigenvalue weighted by Gasteiger charge is -2.63. The van der Waals surface area contributed by atoms with Crippen molar-refractivity contribution in [3.8, 4) is 0 Å². The van der Waals surface area contributed by atoms with Crippen molar-refractivity contribution in [1.29, 1.82) is 0 Å². The molecule has 4 aliphatic carbocycles. The average molecular weight is 471 g/mol. The van der Waals surface area contributed by atoms with Gasteiger partial charge in [-0.05, 0) is 86.4 Å². The van der Waals surface area contributed by atoms with Crippen LogP contribution in [0.15, 0.2) is 0 Å². The lowest BCUT2D eigenvalue weighted by Crippen LogP contribution is -2.61. The second-order valence-electron chi connectivity index (χ2n) is 11.5. The molecule has 0 aromatic heterocycles. The van der Waals surface area contributed by atoms with Crippen LogP contribution in [0.25, 0.3) is 0 Å². The van der Waals surface area contributed by atoms with Gasteiger partial charge in [-0.3, -0.25) is 14.1 Å². The molecular weight excluding hydrogens is 432 g/mol.